The molecule has 6 heteroatoms. The molecule has 1 rings (SSSR count). The molecular weight excluding hydrogens is 204 g/mol. The summed E-state index contributed by atoms with van der Waals surface area (Å²) in [6.45, 7) is 0. The number of rotatable bonds is 2. The van der Waals surface area contributed by atoms with Crippen LogP contribution < -0.4 is 11.2 Å². The Kier molecular flexibility index (Phi) is 3.27. The SMILES string of the molecule is CN(C)NC(=O)c1cnc(N)c(Cl)c1. The van der Waals surface area contributed by atoms with Gasteiger partial charge in [-0.25, -0.2) is 9.99 Å². The summed E-state index contributed by atoms with van der Waals surface area (Å²) >= 11 is 5.71. The zero-order valence-electron chi connectivity index (χ0n) is 7.91. The van der Waals surface area contributed by atoms with Gasteiger partial charge in [0.25, 0.3) is 5.91 Å². The number of carbonyl (C=O) groups excluding carboxylic acids is 1. The fraction of sp³-hybridized carbons (Fsp3) is 0.250. The van der Waals surface area contributed by atoms with Crippen LogP contribution in [0.4, 0.5) is 5.82 Å². The molecule has 0 aromatic carbocycles. The minimum Gasteiger partial charge on any atom is -0.382 e. The Hall–Kier alpha value is -1.33. The summed E-state index contributed by atoms with van der Waals surface area (Å²) in [5.74, 6) is -0.0579. The summed E-state index contributed by atoms with van der Waals surface area (Å²) in [7, 11) is 3.43. The molecule has 0 radical (unpaired) electrons. The van der Waals surface area contributed by atoms with Gasteiger partial charge < -0.3 is 5.73 Å². The first kappa shape index (κ1) is 10.7. The van der Waals surface area contributed by atoms with E-state index in [9.17, 15) is 4.79 Å². The van der Waals surface area contributed by atoms with Crippen LogP contribution in [0.25, 0.3) is 0 Å². The molecule has 0 atom stereocenters. The Morgan fingerprint density at radius 2 is 2.29 bits per heavy atom. The van der Waals surface area contributed by atoms with E-state index in [-0.39, 0.29) is 16.7 Å². The van der Waals surface area contributed by atoms with Gasteiger partial charge in [0.2, 0.25) is 0 Å². The normalized spacial score (nSPS) is 10.3. The maximum atomic E-state index is 11.4. The first-order chi connectivity index (χ1) is 6.50. The van der Waals surface area contributed by atoms with Gasteiger partial charge in [-0.2, -0.15) is 0 Å². The number of hydrazine groups is 1. The molecule has 1 aromatic heterocycles. The third kappa shape index (κ3) is 2.58. The molecule has 0 bridgehead atoms. The van der Waals surface area contributed by atoms with Crippen molar-refractivity contribution in [3.8, 4) is 0 Å². The third-order valence-electron chi connectivity index (χ3n) is 1.46. The van der Waals surface area contributed by atoms with Crippen LogP contribution >= 0.6 is 11.6 Å². The first-order valence-corrected chi connectivity index (χ1v) is 4.28. The van der Waals surface area contributed by atoms with E-state index in [4.69, 9.17) is 17.3 Å². The highest BCUT2D eigenvalue weighted by molar-refractivity contribution is 6.33. The second-order valence-electron chi connectivity index (χ2n) is 2.93. The highest BCUT2D eigenvalue weighted by Gasteiger charge is 2.08. The molecule has 1 amide bonds. The monoisotopic (exact) mass is 214 g/mol. The van der Waals surface area contributed by atoms with Gasteiger partial charge in [-0.3, -0.25) is 10.2 Å². The molecule has 0 fully saturated rings. The number of nitrogen functional groups attached to an aromatic ring is 1. The first-order valence-electron chi connectivity index (χ1n) is 3.90. The number of carbonyl (C=O) groups is 1. The third-order valence-corrected chi connectivity index (χ3v) is 1.76. The number of aromatic nitrogens is 1. The van der Waals surface area contributed by atoms with Crippen LogP contribution in [-0.4, -0.2) is 30.0 Å². The number of halogens is 1. The summed E-state index contributed by atoms with van der Waals surface area (Å²) in [5.41, 5.74) is 8.34. The van der Waals surface area contributed by atoms with E-state index in [2.05, 4.69) is 10.4 Å². The summed E-state index contributed by atoms with van der Waals surface area (Å²) in [5, 5.41) is 1.81. The number of anilines is 1. The molecule has 0 aliphatic heterocycles. The van der Waals surface area contributed by atoms with Crippen LogP contribution in [0.3, 0.4) is 0 Å². The van der Waals surface area contributed by atoms with Gasteiger partial charge in [0, 0.05) is 20.3 Å². The molecule has 3 N–H and O–H groups in total. The second kappa shape index (κ2) is 4.26. The van der Waals surface area contributed by atoms with Crippen molar-refractivity contribution in [1.29, 1.82) is 0 Å². The Balaban J connectivity index is 2.86. The van der Waals surface area contributed by atoms with Crippen molar-refractivity contribution in [2.75, 3.05) is 19.8 Å². The van der Waals surface area contributed by atoms with Crippen LogP contribution in [0.15, 0.2) is 12.3 Å². The number of hydrogen-bond donors (Lipinski definition) is 2. The van der Waals surface area contributed by atoms with Crippen LogP contribution in [0, 0.1) is 0 Å². The second-order valence-corrected chi connectivity index (χ2v) is 3.33. The van der Waals surface area contributed by atoms with Crippen molar-refractivity contribution in [1.82, 2.24) is 15.4 Å². The number of amides is 1. The Bertz CT molecular complexity index is 353. The van der Waals surface area contributed by atoms with Gasteiger partial charge in [-0.1, -0.05) is 11.6 Å². The zero-order valence-corrected chi connectivity index (χ0v) is 8.67. The minimum absolute atomic E-state index is 0.216. The lowest BCUT2D eigenvalue weighted by molar-refractivity contribution is 0.0856. The largest absolute Gasteiger partial charge is 0.382 e. The molecule has 1 aromatic rings. The average molecular weight is 215 g/mol. The predicted octanol–water partition coefficient (Wildman–Crippen LogP) is 0.524. The molecule has 5 nitrogen and oxygen atoms in total. The van der Waals surface area contributed by atoms with Gasteiger partial charge in [0.15, 0.2) is 0 Å². The standard InChI is InChI=1S/C8H11ClN4O/c1-13(2)12-8(14)5-3-6(9)7(10)11-4-5/h3-4H,1-2H3,(H2,10,11)(H,12,14). The highest BCUT2D eigenvalue weighted by atomic mass is 35.5. The van der Waals surface area contributed by atoms with Gasteiger partial charge in [0.1, 0.15) is 5.82 Å². The molecule has 0 aliphatic carbocycles. The van der Waals surface area contributed by atoms with E-state index in [1.165, 1.54) is 17.3 Å². The van der Waals surface area contributed by atoms with Crippen molar-refractivity contribution in [3.63, 3.8) is 0 Å². The van der Waals surface area contributed by atoms with Gasteiger partial charge >= 0.3 is 0 Å². The maximum Gasteiger partial charge on any atom is 0.267 e. The van der Waals surface area contributed by atoms with E-state index in [0.717, 1.165) is 0 Å². The van der Waals surface area contributed by atoms with Crippen LogP contribution in [-0.2, 0) is 0 Å². The molecule has 76 valence electrons. The quantitative estimate of drug-likeness (QED) is 0.705. The minimum atomic E-state index is -0.274. The molecule has 0 spiro atoms. The van der Waals surface area contributed by atoms with Crippen molar-refractivity contribution in [2.45, 2.75) is 0 Å². The predicted molar refractivity (Wildman–Crippen MR) is 54.8 cm³/mol. The average Bonchev–Trinajstić information content (AvgIpc) is 2.08. The van der Waals surface area contributed by atoms with E-state index < -0.39 is 0 Å². The van der Waals surface area contributed by atoms with Gasteiger partial charge in [0.05, 0.1) is 10.6 Å². The van der Waals surface area contributed by atoms with Gasteiger partial charge in [-0.05, 0) is 6.07 Å². The van der Waals surface area contributed by atoms with E-state index >= 15 is 0 Å². The molecule has 14 heavy (non-hydrogen) atoms. The number of pyridine rings is 1. The fourth-order valence-electron chi connectivity index (χ4n) is 0.840. The van der Waals surface area contributed by atoms with Crippen LogP contribution in [0.5, 0.6) is 0 Å². The molecule has 0 aliphatic rings. The highest BCUT2D eigenvalue weighted by Crippen LogP contribution is 2.16. The Morgan fingerprint density at radius 1 is 1.64 bits per heavy atom. The molecule has 1 heterocycles. The number of nitrogens with zero attached hydrogens (tertiary/aromatic N) is 2. The maximum absolute atomic E-state index is 11.4. The zero-order chi connectivity index (χ0) is 10.7. The fourth-order valence-corrected chi connectivity index (χ4v) is 1.01. The van der Waals surface area contributed by atoms with E-state index in [0.29, 0.717) is 5.56 Å². The summed E-state index contributed by atoms with van der Waals surface area (Å²) in [6.07, 6.45) is 1.38. The molecule has 0 saturated heterocycles. The van der Waals surface area contributed by atoms with Crippen molar-refractivity contribution in [3.05, 3.63) is 22.8 Å². The lowest BCUT2D eigenvalue weighted by Gasteiger charge is -2.11. The van der Waals surface area contributed by atoms with E-state index in [1.807, 2.05) is 0 Å². The van der Waals surface area contributed by atoms with E-state index in [1.54, 1.807) is 14.1 Å². The number of hydrogen-bond acceptors (Lipinski definition) is 4. The number of nitrogens with one attached hydrogen (secondary N) is 1. The summed E-state index contributed by atoms with van der Waals surface area (Å²) in [6, 6.07) is 1.47. The lowest BCUT2D eigenvalue weighted by Crippen LogP contribution is -2.36. The topological polar surface area (TPSA) is 71.2 Å². The van der Waals surface area contributed by atoms with Crippen LogP contribution in [0.2, 0.25) is 5.02 Å². The van der Waals surface area contributed by atoms with Crippen molar-refractivity contribution in [2.24, 2.45) is 0 Å². The lowest BCUT2D eigenvalue weighted by atomic mass is 10.3. The summed E-state index contributed by atoms with van der Waals surface area (Å²) < 4.78 is 0. The van der Waals surface area contributed by atoms with Gasteiger partial charge in [-0.15, -0.1) is 0 Å². The summed E-state index contributed by atoms with van der Waals surface area (Å²) in [4.78, 5) is 15.2. The smallest absolute Gasteiger partial charge is 0.267 e. The van der Waals surface area contributed by atoms with Crippen LogP contribution in [0.1, 0.15) is 10.4 Å². The Labute approximate surface area is 86.8 Å². The molecule has 0 saturated carbocycles. The molecular formula is C8H11ClN4O. The Morgan fingerprint density at radius 3 is 2.79 bits per heavy atom. The van der Waals surface area contributed by atoms with Crippen molar-refractivity contribution < 1.29 is 4.79 Å². The molecule has 0 unspecified atom stereocenters. The van der Waals surface area contributed by atoms with Crippen molar-refractivity contribution >= 4 is 23.3 Å². The number of nitrogens with two attached hydrogens (primary N) is 1.